The number of thiophene rings is 2. The number of rotatable bonds is 6. The van der Waals surface area contributed by atoms with Gasteiger partial charge in [0.15, 0.2) is 0 Å². The third kappa shape index (κ3) is 4.54. The van der Waals surface area contributed by atoms with Crippen molar-refractivity contribution >= 4 is 97.1 Å². The summed E-state index contributed by atoms with van der Waals surface area (Å²) in [6.07, 6.45) is 0. The Kier molecular flexibility index (Phi) is 6.55. The molecule has 0 saturated carbocycles. The molecule has 0 aliphatic carbocycles. The van der Waals surface area contributed by atoms with E-state index in [1.165, 1.54) is 51.7 Å². The maximum atomic E-state index is 2.39. The van der Waals surface area contributed by atoms with Gasteiger partial charge in [0.05, 0.1) is 15.1 Å². The van der Waals surface area contributed by atoms with Gasteiger partial charge < -0.3 is 9.80 Å². The number of anilines is 6. The zero-order chi connectivity index (χ0) is 30.5. The van der Waals surface area contributed by atoms with Crippen LogP contribution in [0.5, 0.6) is 0 Å². The molecule has 46 heavy (non-hydrogen) atoms. The van der Waals surface area contributed by atoms with E-state index in [2.05, 4.69) is 180 Å². The van der Waals surface area contributed by atoms with Crippen LogP contribution in [-0.4, -0.2) is 0 Å². The van der Waals surface area contributed by atoms with Gasteiger partial charge in [-0.05, 0) is 72.1 Å². The summed E-state index contributed by atoms with van der Waals surface area (Å²) in [5, 5.41) is 5.12. The van der Waals surface area contributed by atoms with Crippen LogP contribution < -0.4 is 9.80 Å². The van der Waals surface area contributed by atoms with Crippen LogP contribution in [0.1, 0.15) is 0 Å². The first kappa shape index (κ1) is 26.9. The molecule has 0 atom stereocenters. The van der Waals surface area contributed by atoms with Crippen LogP contribution in [-0.2, 0) is 0 Å². The summed E-state index contributed by atoms with van der Waals surface area (Å²) in [6, 6.07) is 61.1. The molecule has 9 rings (SSSR count). The standard InChI is InChI=1S/C42H28N2S2/c1-4-15-30(16-5-1)43(31-17-6-2-7-18-31)33-23-25-36-39(27-33)45-42-37-26-24-34(28-40(37)46-41(36)42)44(32-19-8-3-9-20-32)38-22-12-14-29-13-10-11-21-35(29)38/h1-28H. The molecule has 0 bridgehead atoms. The monoisotopic (exact) mass is 624 g/mol. The van der Waals surface area contributed by atoms with Crippen molar-refractivity contribution in [2.24, 2.45) is 0 Å². The normalized spacial score (nSPS) is 11.5. The Labute approximate surface area is 275 Å². The van der Waals surface area contributed by atoms with E-state index < -0.39 is 0 Å². The number of para-hydroxylation sites is 3. The quantitative estimate of drug-likeness (QED) is 0.182. The molecule has 0 unspecified atom stereocenters. The molecule has 2 nitrogen and oxygen atoms in total. The predicted molar refractivity (Wildman–Crippen MR) is 202 cm³/mol. The molecule has 2 aromatic heterocycles. The molecule has 0 aliphatic rings. The Hall–Kier alpha value is -5.42. The second-order valence-electron chi connectivity index (χ2n) is 11.4. The minimum Gasteiger partial charge on any atom is -0.310 e. The SMILES string of the molecule is c1ccc(N(c2ccccc2)c2ccc3c(c2)sc2c4ccc(N(c5ccccc5)c5cccc6ccccc56)cc4sc32)cc1. The van der Waals surface area contributed by atoms with Crippen molar-refractivity contribution in [3.8, 4) is 0 Å². The molecule has 2 heterocycles. The minimum atomic E-state index is 1.15. The van der Waals surface area contributed by atoms with E-state index in [9.17, 15) is 0 Å². The summed E-state index contributed by atoms with van der Waals surface area (Å²) in [5.74, 6) is 0. The largest absolute Gasteiger partial charge is 0.310 e. The van der Waals surface area contributed by atoms with Crippen molar-refractivity contribution < 1.29 is 0 Å². The van der Waals surface area contributed by atoms with E-state index in [0.717, 1.165) is 22.7 Å². The van der Waals surface area contributed by atoms with Crippen LogP contribution in [0, 0.1) is 0 Å². The molecule has 218 valence electrons. The summed E-state index contributed by atoms with van der Waals surface area (Å²) < 4.78 is 5.34. The summed E-state index contributed by atoms with van der Waals surface area (Å²) in [6.45, 7) is 0. The molecule has 0 saturated heterocycles. The Morgan fingerprint density at radius 1 is 0.326 bits per heavy atom. The van der Waals surface area contributed by atoms with Crippen LogP contribution in [0.25, 0.3) is 40.3 Å². The number of fused-ring (bicyclic) bond motifs is 6. The molecule has 4 heteroatoms. The number of nitrogens with zero attached hydrogens (tertiary/aromatic N) is 2. The van der Waals surface area contributed by atoms with Crippen molar-refractivity contribution in [3.05, 3.63) is 170 Å². The van der Waals surface area contributed by atoms with E-state index >= 15 is 0 Å². The fraction of sp³-hybridized carbons (Fsp3) is 0. The maximum Gasteiger partial charge on any atom is 0.0542 e. The Bertz CT molecular complexity index is 2440. The zero-order valence-electron chi connectivity index (χ0n) is 24.9. The topological polar surface area (TPSA) is 6.48 Å². The van der Waals surface area contributed by atoms with Crippen LogP contribution >= 0.6 is 22.7 Å². The highest BCUT2D eigenvalue weighted by atomic mass is 32.1. The van der Waals surface area contributed by atoms with Crippen LogP contribution in [0.3, 0.4) is 0 Å². The molecular formula is C42H28N2S2. The summed E-state index contributed by atoms with van der Waals surface area (Å²) >= 11 is 3.80. The summed E-state index contributed by atoms with van der Waals surface area (Å²) in [4.78, 5) is 4.73. The lowest BCUT2D eigenvalue weighted by molar-refractivity contribution is 1.29. The van der Waals surface area contributed by atoms with Gasteiger partial charge in [0.25, 0.3) is 0 Å². The van der Waals surface area contributed by atoms with Crippen molar-refractivity contribution in [1.29, 1.82) is 0 Å². The zero-order valence-corrected chi connectivity index (χ0v) is 26.5. The van der Waals surface area contributed by atoms with Gasteiger partial charge >= 0.3 is 0 Å². The van der Waals surface area contributed by atoms with Gasteiger partial charge in [-0.15, -0.1) is 22.7 Å². The molecule has 9 aromatic rings. The second-order valence-corrected chi connectivity index (χ2v) is 13.5. The highest BCUT2D eigenvalue weighted by Gasteiger charge is 2.19. The van der Waals surface area contributed by atoms with Crippen LogP contribution in [0.15, 0.2) is 170 Å². The molecule has 0 spiro atoms. The van der Waals surface area contributed by atoms with Gasteiger partial charge in [-0.3, -0.25) is 0 Å². The number of benzene rings is 7. The van der Waals surface area contributed by atoms with E-state index in [0.29, 0.717) is 0 Å². The Balaban J connectivity index is 1.17. The molecule has 0 aliphatic heterocycles. The van der Waals surface area contributed by atoms with Gasteiger partial charge in [0.1, 0.15) is 0 Å². The fourth-order valence-electron chi connectivity index (χ4n) is 6.52. The first-order valence-electron chi connectivity index (χ1n) is 15.4. The van der Waals surface area contributed by atoms with Gasteiger partial charge in [0.2, 0.25) is 0 Å². The molecule has 0 fully saturated rings. The third-order valence-corrected chi connectivity index (χ3v) is 11.1. The van der Waals surface area contributed by atoms with Gasteiger partial charge in [-0.1, -0.05) is 103 Å². The van der Waals surface area contributed by atoms with E-state index in [1.807, 2.05) is 22.7 Å². The lowest BCUT2D eigenvalue weighted by Gasteiger charge is -2.27. The van der Waals surface area contributed by atoms with Gasteiger partial charge in [-0.25, -0.2) is 0 Å². The minimum absolute atomic E-state index is 1.15. The summed E-state index contributed by atoms with van der Waals surface area (Å²) in [5.41, 5.74) is 6.96. The van der Waals surface area contributed by atoms with Crippen molar-refractivity contribution in [2.75, 3.05) is 9.80 Å². The van der Waals surface area contributed by atoms with Crippen molar-refractivity contribution in [1.82, 2.24) is 0 Å². The Morgan fingerprint density at radius 2 is 0.783 bits per heavy atom. The second kappa shape index (κ2) is 11.2. The molecule has 0 radical (unpaired) electrons. The van der Waals surface area contributed by atoms with E-state index in [1.54, 1.807) is 0 Å². The first-order valence-corrected chi connectivity index (χ1v) is 17.1. The lowest BCUT2D eigenvalue weighted by atomic mass is 10.1. The van der Waals surface area contributed by atoms with Gasteiger partial charge in [-0.2, -0.15) is 0 Å². The Morgan fingerprint density at radius 3 is 1.35 bits per heavy atom. The van der Waals surface area contributed by atoms with Crippen LogP contribution in [0.4, 0.5) is 34.1 Å². The molecule has 0 N–H and O–H groups in total. The van der Waals surface area contributed by atoms with Crippen LogP contribution in [0.2, 0.25) is 0 Å². The van der Waals surface area contributed by atoms with Crippen molar-refractivity contribution in [3.63, 3.8) is 0 Å². The highest BCUT2D eigenvalue weighted by molar-refractivity contribution is 7.36. The smallest absolute Gasteiger partial charge is 0.0542 e. The number of hydrogen-bond donors (Lipinski definition) is 0. The van der Waals surface area contributed by atoms with E-state index in [-0.39, 0.29) is 0 Å². The lowest BCUT2D eigenvalue weighted by Crippen LogP contribution is -2.10. The van der Waals surface area contributed by atoms with Gasteiger partial charge in [0, 0.05) is 54.0 Å². The predicted octanol–water partition coefficient (Wildman–Crippen LogP) is 13.4. The molecular weight excluding hydrogens is 597 g/mol. The average Bonchev–Trinajstić information content (AvgIpc) is 3.65. The summed E-state index contributed by atoms with van der Waals surface area (Å²) in [7, 11) is 0. The molecule has 7 aromatic carbocycles. The average molecular weight is 625 g/mol. The number of hydrogen-bond acceptors (Lipinski definition) is 4. The highest BCUT2D eigenvalue weighted by Crippen LogP contribution is 2.48. The molecule has 0 amide bonds. The first-order chi connectivity index (χ1) is 22.8. The van der Waals surface area contributed by atoms with Crippen molar-refractivity contribution in [2.45, 2.75) is 0 Å². The maximum absolute atomic E-state index is 2.39. The third-order valence-electron chi connectivity index (χ3n) is 8.62. The van der Waals surface area contributed by atoms with E-state index in [4.69, 9.17) is 0 Å². The fourth-order valence-corrected chi connectivity index (χ4v) is 9.24.